The molecule has 0 aliphatic carbocycles. The van der Waals surface area contributed by atoms with Crippen LogP contribution in [0.3, 0.4) is 0 Å². The molecular formula is C17H17N3O3S. The minimum atomic E-state index is 0.113. The molecule has 2 aromatic heterocycles. The van der Waals surface area contributed by atoms with Crippen molar-refractivity contribution in [2.24, 2.45) is 0 Å². The van der Waals surface area contributed by atoms with Gasteiger partial charge in [-0.1, -0.05) is 17.3 Å². The Morgan fingerprint density at radius 1 is 1.29 bits per heavy atom. The van der Waals surface area contributed by atoms with Crippen molar-refractivity contribution < 1.29 is 14.0 Å². The highest BCUT2D eigenvalue weighted by Gasteiger charge is 2.18. The predicted molar refractivity (Wildman–Crippen MR) is 91.2 cm³/mol. The molecule has 1 aromatic carbocycles. The molecule has 0 saturated carbocycles. The zero-order valence-electron chi connectivity index (χ0n) is 13.0. The number of anilines is 1. The molecule has 0 spiro atoms. The summed E-state index contributed by atoms with van der Waals surface area (Å²) in [6, 6.07) is 9.81. The van der Waals surface area contributed by atoms with Crippen LogP contribution in [0.25, 0.3) is 11.4 Å². The topological polar surface area (TPSA) is 69.4 Å². The second-order valence-electron chi connectivity index (χ2n) is 5.48. The predicted octanol–water partition coefficient (Wildman–Crippen LogP) is 3.58. The van der Waals surface area contributed by atoms with E-state index >= 15 is 0 Å². The molecule has 0 bridgehead atoms. The molecule has 1 saturated heterocycles. The van der Waals surface area contributed by atoms with Crippen molar-refractivity contribution in [3.63, 3.8) is 0 Å². The highest BCUT2D eigenvalue weighted by molar-refractivity contribution is 7.08. The summed E-state index contributed by atoms with van der Waals surface area (Å²) in [5.74, 6) is 1.96. The number of para-hydroxylation sites is 2. The Morgan fingerprint density at radius 3 is 3.08 bits per heavy atom. The van der Waals surface area contributed by atoms with Gasteiger partial charge in [0, 0.05) is 17.4 Å². The molecule has 3 heterocycles. The van der Waals surface area contributed by atoms with Crippen LogP contribution in [-0.4, -0.2) is 29.5 Å². The fourth-order valence-electron chi connectivity index (χ4n) is 2.51. The summed E-state index contributed by atoms with van der Waals surface area (Å²) < 4.78 is 16.7. The Balaban J connectivity index is 1.42. The van der Waals surface area contributed by atoms with Gasteiger partial charge >= 0.3 is 0 Å². The Labute approximate surface area is 143 Å². The molecule has 7 heteroatoms. The lowest BCUT2D eigenvalue weighted by molar-refractivity contribution is 0.142. The highest BCUT2D eigenvalue weighted by Crippen LogP contribution is 2.27. The molecule has 1 N–H and O–H groups in total. The Hall–Kier alpha value is -2.38. The number of rotatable bonds is 6. The number of ether oxygens (including phenoxy) is 2. The number of aromatic nitrogens is 2. The van der Waals surface area contributed by atoms with Crippen molar-refractivity contribution in [2.75, 3.05) is 18.5 Å². The van der Waals surface area contributed by atoms with E-state index in [1.165, 1.54) is 0 Å². The Morgan fingerprint density at radius 2 is 2.25 bits per heavy atom. The molecule has 1 aliphatic heterocycles. The zero-order valence-corrected chi connectivity index (χ0v) is 13.8. The summed E-state index contributed by atoms with van der Waals surface area (Å²) in [7, 11) is 0. The van der Waals surface area contributed by atoms with Gasteiger partial charge in [-0.2, -0.15) is 16.3 Å². The summed E-state index contributed by atoms with van der Waals surface area (Å²) in [6.07, 6.45) is 1.03. The first-order valence-corrected chi connectivity index (χ1v) is 8.75. The quantitative estimate of drug-likeness (QED) is 0.738. The van der Waals surface area contributed by atoms with Crippen molar-refractivity contribution in [1.82, 2.24) is 10.1 Å². The maximum atomic E-state index is 6.01. The molecule has 1 aliphatic rings. The first kappa shape index (κ1) is 15.2. The van der Waals surface area contributed by atoms with Crippen LogP contribution in [0, 0.1) is 0 Å². The smallest absolute Gasteiger partial charge is 0.246 e. The van der Waals surface area contributed by atoms with Gasteiger partial charge in [0.2, 0.25) is 11.7 Å². The van der Waals surface area contributed by atoms with Gasteiger partial charge in [0.25, 0.3) is 0 Å². The van der Waals surface area contributed by atoms with Gasteiger partial charge in [0.1, 0.15) is 11.9 Å². The number of benzene rings is 1. The van der Waals surface area contributed by atoms with E-state index in [4.69, 9.17) is 14.0 Å². The average Bonchev–Trinajstić information content (AvgIpc) is 3.36. The molecule has 124 valence electrons. The van der Waals surface area contributed by atoms with E-state index < -0.39 is 0 Å². The largest absolute Gasteiger partial charge is 0.486 e. The fraction of sp³-hybridized carbons (Fsp3) is 0.294. The minimum Gasteiger partial charge on any atom is -0.486 e. The molecule has 4 rings (SSSR count). The van der Waals surface area contributed by atoms with Crippen LogP contribution in [0.4, 0.5) is 5.69 Å². The van der Waals surface area contributed by atoms with Crippen LogP contribution < -0.4 is 10.1 Å². The zero-order chi connectivity index (χ0) is 16.2. The van der Waals surface area contributed by atoms with E-state index in [9.17, 15) is 0 Å². The monoisotopic (exact) mass is 343 g/mol. The number of hydrogen-bond acceptors (Lipinski definition) is 7. The normalized spacial score (nSPS) is 17.1. The van der Waals surface area contributed by atoms with Gasteiger partial charge in [-0.25, -0.2) is 0 Å². The maximum absolute atomic E-state index is 6.01. The lowest BCUT2D eigenvalue weighted by Crippen LogP contribution is -2.16. The third-order valence-electron chi connectivity index (χ3n) is 3.75. The molecule has 1 fully saturated rings. The summed E-state index contributed by atoms with van der Waals surface area (Å²) in [6.45, 7) is 1.84. The Bertz CT molecular complexity index is 782. The second kappa shape index (κ2) is 7.02. The summed E-state index contributed by atoms with van der Waals surface area (Å²) in [5, 5.41) is 11.3. The van der Waals surface area contributed by atoms with E-state index in [0.717, 1.165) is 30.0 Å². The van der Waals surface area contributed by atoms with E-state index in [-0.39, 0.29) is 6.10 Å². The number of nitrogens with zero attached hydrogens (tertiary/aromatic N) is 2. The van der Waals surface area contributed by atoms with Gasteiger partial charge in [-0.3, -0.25) is 0 Å². The van der Waals surface area contributed by atoms with Crippen LogP contribution in [0.15, 0.2) is 45.6 Å². The number of nitrogens with one attached hydrogen (secondary N) is 1. The standard InChI is InChI=1S/C17H17N3O3S/c1-2-4-15(22-13-5-7-21-10-13)14(3-1)18-9-16-19-17(20-23-16)12-6-8-24-11-12/h1-4,6,8,11,13,18H,5,7,9-10H2. The molecular weight excluding hydrogens is 326 g/mol. The maximum Gasteiger partial charge on any atom is 0.246 e. The van der Waals surface area contributed by atoms with Crippen LogP contribution in [0.2, 0.25) is 0 Å². The molecule has 0 radical (unpaired) electrons. The van der Waals surface area contributed by atoms with Crippen molar-refractivity contribution in [3.8, 4) is 17.1 Å². The van der Waals surface area contributed by atoms with E-state index in [2.05, 4.69) is 15.5 Å². The molecule has 6 nitrogen and oxygen atoms in total. The molecule has 0 amide bonds. The van der Waals surface area contributed by atoms with Crippen molar-refractivity contribution in [3.05, 3.63) is 47.0 Å². The van der Waals surface area contributed by atoms with E-state index in [1.807, 2.05) is 41.1 Å². The molecule has 24 heavy (non-hydrogen) atoms. The van der Waals surface area contributed by atoms with Gasteiger partial charge in [0.05, 0.1) is 25.4 Å². The van der Waals surface area contributed by atoms with Crippen LogP contribution in [0.5, 0.6) is 5.75 Å². The van der Waals surface area contributed by atoms with Crippen molar-refractivity contribution >= 4 is 17.0 Å². The van der Waals surface area contributed by atoms with Crippen LogP contribution in [0.1, 0.15) is 12.3 Å². The van der Waals surface area contributed by atoms with Gasteiger partial charge in [0.15, 0.2) is 0 Å². The molecule has 1 atom stereocenters. The highest BCUT2D eigenvalue weighted by atomic mass is 32.1. The SMILES string of the molecule is c1ccc(OC2CCOC2)c(NCc2nc(-c3ccsc3)no2)c1. The first-order chi connectivity index (χ1) is 11.9. The molecule has 3 aromatic rings. The average molecular weight is 343 g/mol. The number of hydrogen-bond donors (Lipinski definition) is 1. The first-order valence-electron chi connectivity index (χ1n) is 7.81. The van der Waals surface area contributed by atoms with Gasteiger partial charge in [-0.15, -0.1) is 0 Å². The summed E-state index contributed by atoms with van der Waals surface area (Å²) in [5.41, 5.74) is 1.87. The Kier molecular flexibility index (Phi) is 4.44. The van der Waals surface area contributed by atoms with Crippen molar-refractivity contribution in [2.45, 2.75) is 19.1 Å². The van der Waals surface area contributed by atoms with Gasteiger partial charge < -0.3 is 19.3 Å². The third kappa shape index (κ3) is 3.42. The fourth-order valence-corrected chi connectivity index (χ4v) is 3.14. The second-order valence-corrected chi connectivity index (χ2v) is 6.26. The number of thiophene rings is 1. The lowest BCUT2D eigenvalue weighted by atomic mass is 10.2. The van der Waals surface area contributed by atoms with E-state index in [0.29, 0.717) is 24.9 Å². The molecule has 1 unspecified atom stereocenters. The minimum absolute atomic E-state index is 0.113. The summed E-state index contributed by atoms with van der Waals surface area (Å²) in [4.78, 5) is 4.41. The van der Waals surface area contributed by atoms with Crippen molar-refractivity contribution in [1.29, 1.82) is 0 Å². The van der Waals surface area contributed by atoms with Crippen LogP contribution in [-0.2, 0) is 11.3 Å². The summed E-state index contributed by atoms with van der Waals surface area (Å²) >= 11 is 1.61. The lowest BCUT2D eigenvalue weighted by Gasteiger charge is -2.15. The van der Waals surface area contributed by atoms with E-state index in [1.54, 1.807) is 11.3 Å². The third-order valence-corrected chi connectivity index (χ3v) is 4.43. The van der Waals surface area contributed by atoms with Crippen LogP contribution >= 0.6 is 11.3 Å². The van der Waals surface area contributed by atoms with Gasteiger partial charge in [-0.05, 0) is 23.6 Å².